The number of hydrogen-bond acceptors (Lipinski definition) is 5. The Morgan fingerprint density at radius 3 is 2.35 bits per heavy atom. The van der Waals surface area contributed by atoms with E-state index >= 15 is 0 Å². The van der Waals surface area contributed by atoms with Crippen molar-refractivity contribution in [1.29, 1.82) is 0 Å². The topological polar surface area (TPSA) is 70.6 Å². The van der Waals surface area contributed by atoms with Crippen molar-refractivity contribution in [3.8, 4) is 0 Å². The van der Waals surface area contributed by atoms with E-state index in [1.54, 1.807) is 12.1 Å². The zero-order chi connectivity index (χ0) is 21.8. The highest BCUT2D eigenvalue weighted by atomic mass is 32.2. The number of likely N-dealkylation sites (tertiary alicyclic amines) is 1. The molecule has 166 valence electrons. The van der Waals surface area contributed by atoms with Crippen LogP contribution in [0.4, 0.5) is 0 Å². The smallest absolute Gasteiger partial charge is 0.254 e. The molecule has 2 aliphatic rings. The average Bonchev–Trinajstić information content (AvgIpc) is 3.61. The molecule has 1 aliphatic carbocycles. The predicted octanol–water partition coefficient (Wildman–Crippen LogP) is 3.04. The highest BCUT2D eigenvalue weighted by Crippen LogP contribution is 2.32. The quantitative estimate of drug-likeness (QED) is 0.630. The largest absolute Gasteiger partial charge is 0.335 e. The first-order valence-electron chi connectivity index (χ1n) is 11.1. The number of aromatic nitrogens is 1. The summed E-state index contributed by atoms with van der Waals surface area (Å²) in [7, 11) is -3.26. The summed E-state index contributed by atoms with van der Waals surface area (Å²) in [5.41, 5.74) is 1.69. The van der Waals surface area contributed by atoms with Crippen LogP contribution in [0.2, 0.25) is 0 Å². The van der Waals surface area contributed by atoms with Crippen molar-refractivity contribution in [2.75, 3.05) is 32.4 Å². The molecular weight excluding hydrogens is 410 g/mol. The fraction of sp³-hybridized carbons (Fsp3) is 0.500. The van der Waals surface area contributed by atoms with Gasteiger partial charge in [-0.05, 0) is 68.0 Å². The molecule has 1 amide bonds. The van der Waals surface area contributed by atoms with E-state index in [0.717, 1.165) is 51.1 Å². The van der Waals surface area contributed by atoms with Gasteiger partial charge < -0.3 is 9.80 Å². The number of amides is 1. The standard InChI is InChI=1S/C24H31N3O3S/c1-31(29,30)23-9-7-20(8-10-23)24(28)27(18-19-5-6-19)22-12-16-26(17-13-22)15-11-21-4-2-3-14-25-21/h2-4,7-10,14,19,22H,5-6,11-13,15-18H2,1H3. The first-order chi connectivity index (χ1) is 14.9. The van der Waals surface area contributed by atoms with Crippen LogP contribution in [0.25, 0.3) is 0 Å². The SMILES string of the molecule is CS(=O)(=O)c1ccc(C(=O)N(CC2CC2)C2CCN(CCc3ccccn3)CC2)cc1. The lowest BCUT2D eigenvalue weighted by Gasteiger charge is -2.39. The molecule has 0 atom stereocenters. The number of sulfone groups is 1. The molecule has 1 saturated carbocycles. The minimum absolute atomic E-state index is 0.0267. The van der Waals surface area contributed by atoms with E-state index in [9.17, 15) is 13.2 Å². The van der Waals surface area contributed by atoms with Gasteiger partial charge in [0.15, 0.2) is 9.84 Å². The van der Waals surface area contributed by atoms with Gasteiger partial charge in [-0.15, -0.1) is 0 Å². The zero-order valence-electron chi connectivity index (χ0n) is 18.1. The van der Waals surface area contributed by atoms with E-state index in [4.69, 9.17) is 0 Å². The van der Waals surface area contributed by atoms with Gasteiger partial charge in [0.25, 0.3) is 5.91 Å². The summed E-state index contributed by atoms with van der Waals surface area (Å²) >= 11 is 0. The van der Waals surface area contributed by atoms with Gasteiger partial charge in [0, 0.05) is 62.4 Å². The molecule has 1 aliphatic heterocycles. The summed E-state index contributed by atoms with van der Waals surface area (Å²) in [4.78, 5) is 22.5. The summed E-state index contributed by atoms with van der Waals surface area (Å²) in [6, 6.07) is 12.7. The second kappa shape index (κ2) is 9.49. The molecule has 2 heterocycles. The molecule has 4 rings (SSSR count). The molecule has 1 aromatic carbocycles. The summed E-state index contributed by atoms with van der Waals surface area (Å²) < 4.78 is 23.4. The average molecular weight is 442 g/mol. The second-order valence-electron chi connectivity index (χ2n) is 8.84. The van der Waals surface area contributed by atoms with Crippen LogP contribution in [-0.4, -0.2) is 67.6 Å². The number of carbonyl (C=O) groups is 1. The maximum Gasteiger partial charge on any atom is 0.254 e. The molecule has 0 N–H and O–H groups in total. The molecule has 6 nitrogen and oxygen atoms in total. The Labute approximate surface area is 185 Å². The number of hydrogen-bond donors (Lipinski definition) is 0. The number of benzene rings is 1. The third kappa shape index (κ3) is 5.92. The van der Waals surface area contributed by atoms with Crippen LogP contribution in [0.15, 0.2) is 53.6 Å². The molecule has 0 unspecified atom stereocenters. The van der Waals surface area contributed by atoms with Crippen molar-refractivity contribution in [2.45, 2.75) is 43.0 Å². The first-order valence-corrected chi connectivity index (χ1v) is 13.0. The lowest BCUT2D eigenvalue weighted by atomic mass is 10.0. The van der Waals surface area contributed by atoms with Gasteiger partial charge in [0.1, 0.15) is 0 Å². The molecule has 2 aromatic rings. The minimum atomic E-state index is -3.26. The second-order valence-corrected chi connectivity index (χ2v) is 10.9. The van der Waals surface area contributed by atoms with Crippen LogP contribution < -0.4 is 0 Å². The van der Waals surface area contributed by atoms with Crippen molar-refractivity contribution in [1.82, 2.24) is 14.8 Å². The summed E-state index contributed by atoms with van der Waals surface area (Å²) in [5, 5.41) is 0. The fourth-order valence-electron chi connectivity index (χ4n) is 4.26. The van der Waals surface area contributed by atoms with Crippen LogP contribution in [0.1, 0.15) is 41.7 Å². The number of piperidine rings is 1. The predicted molar refractivity (Wildman–Crippen MR) is 121 cm³/mol. The maximum absolute atomic E-state index is 13.3. The highest BCUT2D eigenvalue weighted by molar-refractivity contribution is 7.90. The monoisotopic (exact) mass is 441 g/mol. The van der Waals surface area contributed by atoms with Crippen molar-refractivity contribution < 1.29 is 13.2 Å². The van der Waals surface area contributed by atoms with Gasteiger partial charge in [0.05, 0.1) is 4.90 Å². The molecule has 1 aromatic heterocycles. The normalized spacial score (nSPS) is 18.1. The van der Waals surface area contributed by atoms with E-state index in [-0.39, 0.29) is 16.8 Å². The molecular formula is C24H31N3O3S. The molecule has 31 heavy (non-hydrogen) atoms. The lowest BCUT2D eigenvalue weighted by Crippen LogP contribution is -2.48. The maximum atomic E-state index is 13.3. The number of rotatable bonds is 8. The van der Waals surface area contributed by atoms with Gasteiger partial charge in [-0.2, -0.15) is 0 Å². The molecule has 0 radical (unpaired) electrons. The van der Waals surface area contributed by atoms with E-state index in [2.05, 4.69) is 20.9 Å². The van der Waals surface area contributed by atoms with Crippen molar-refractivity contribution in [3.05, 3.63) is 59.9 Å². The summed E-state index contributed by atoms with van der Waals surface area (Å²) in [6.07, 6.45) is 8.31. The lowest BCUT2D eigenvalue weighted by molar-refractivity contribution is 0.0559. The van der Waals surface area contributed by atoms with Gasteiger partial charge in [0.2, 0.25) is 0 Å². The van der Waals surface area contributed by atoms with Crippen LogP contribution in [-0.2, 0) is 16.3 Å². The summed E-state index contributed by atoms with van der Waals surface area (Å²) in [5.74, 6) is 0.639. The van der Waals surface area contributed by atoms with Crippen LogP contribution >= 0.6 is 0 Å². The van der Waals surface area contributed by atoms with Gasteiger partial charge >= 0.3 is 0 Å². The van der Waals surface area contributed by atoms with Crippen LogP contribution in [0.3, 0.4) is 0 Å². The third-order valence-corrected chi connectivity index (χ3v) is 7.48. The Morgan fingerprint density at radius 1 is 1.06 bits per heavy atom. The molecule has 2 fully saturated rings. The van der Waals surface area contributed by atoms with E-state index in [1.807, 2.05) is 18.3 Å². The first kappa shape index (κ1) is 22.0. The third-order valence-electron chi connectivity index (χ3n) is 6.35. The van der Waals surface area contributed by atoms with Crippen molar-refractivity contribution in [2.24, 2.45) is 5.92 Å². The van der Waals surface area contributed by atoms with Gasteiger partial charge in [-0.25, -0.2) is 8.42 Å². The molecule has 0 spiro atoms. The van der Waals surface area contributed by atoms with E-state index in [1.165, 1.54) is 31.2 Å². The minimum Gasteiger partial charge on any atom is -0.335 e. The van der Waals surface area contributed by atoms with Gasteiger partial charge in [-0.1, -0.05) is 6.07 Å². The highest BCUT2D eigenvalue weighted by Gasteiger charge is 2.33. The Morgan fingerprint density at radius 2 is 1.77 bits per heavy atom. The zero-order valence-corrected chi connectivity index (χ0v) is 18.9. The Bertz CT molecular complexity index is 980. The molecule has 7 heteroatoms. The van der Waals surface area contributed by atoms with Gasteiger partial charge in [-0.3, -0.25) is 9.78 Å². The molecule has 1 saturated heterocycles. The number of pyridine rings is 1. The molecule has 0 bridgehead atoms. The Balaban J connectivity index is 1.37. The van der Waals surface area contributed by atoms with Crippen molar-refractivity contribution >= 4 is 15.7 Å². The summed E-state index contributed by atoms with van der Waals surface area (Å²) in [6.45, 7) is 3.77. The van der Waals surface area contributed by atoms with Crippen LogP contribution in [0.5, 0.6) is 0 Å². The Hall–Kier alpha value is -2.25. The Kier molecular flexibility index (Phi) is 6.72. The van der Waals surface area contributed by atoms with Crippen molar-refractivity contribution in [3.63, 3.8) is 0 Å². The van der Waals surface area contributed by atoms with E-state index < -0.39 is 9.84 Å². The number of nitrogens with zero attached hydrogens (tertiary/aromatic N) is 3. The van der Waals surface area contributed by atoms with E-state index in [0.29, 0.717) is 11.5 Å². The fourth-order valence-corrected chi connectivity index (χ4v) is 4.89. The van der Waals surface area contributed by atoms with Crippen LogP contribution in [0, 0.1) is 5.92 Å². The number of carbonyl (C=O) groups excluding carboxylic acids is 1.